The van der Waals surface area contributed by atoms with Gasteiger partial charge in [-0.3, -0.25) is 0 Å². The molecule has 0 aliphatic carbocycles. The lowest BCUT2D eigenvalue weighted by atomic mass is 10.1. The van der Waals surface area contributed by atoms with Crippen molar-refractivity contribution in [3.05, 3.63) is 39.1 Å². The van der Waals surface area contributed by atoms with E-state index in [1.54, 1.807) is 11.3 Å². The van der Waals surface area contributed by atoms with E-state index < -0.39 is 0 Å². The van der Waals surface area contributed by atoms with Crippen LogP contribution in [0.5, 0.6) is 0 Å². The van der Waals surface area contributed by atoms with Crippen LogP contribution in [0, 0.1) is 5.92 Å². The van der Waals surface area contributed by atoms with E-state index in [1.165, 1.54) is 17.0 Å². The predicted molar refractivity (Wildman–Crippen MR) is 78.4 cm³/mol. The normalized spacial score (nSPS) is 11.1. The number of nitrogens with zero attached hydrogens (tertiary/aromatic N) is 1. The van der Waals surface area contributed by atoms with Gasteiger partial charge in [-0.25, -0.2) is 4.98 Å². The first kappa shape index (κ1) is 12.8. The van der Waals surface area contributed by atoms with E-state index in [0.717, 1.165) is 22.5 Å². The molecule has 0 amide bonds. The highest BCUT2D eigenvalue weighted by molar-refractivity contribution is 9.10. The zero-order valence-electron chi connectivity index (χ0n) is 10.1. The molecule has 0 spiro atoms. The molecule has 2 aromatic rings. The lowest BCUT2D eigenvalue weighted by Gasteiger charge is -2.00. The summed E-state index contributed by atoms with van der Waals surface area (Å²) in [6.07, 6.45) is 2.31. The third-order valence-electron chi connectivity index (χ3n) is 2.61. The number of hydrogen-bond acceptors (Lipinski definition) is 2. The van der Waals surface area contributed by atoms with E-state index in [-0.39, 0.29) is 0 Å². The fourth-order valence-electron chi connectivity index (χ4n) is 1.62. The molecular formula is C14H16BrNS. The number of aryl methyl sites for hydroxylation is 1. The van der Waals surface area contributed by atoms with E-state index in [2.05, 4.69) is 47.3 Å². The molecule has 17 heavy (non-hydrogen) atoms. The standard InChI is InChI=1S/C14H16BrNS/c1-10(2)6-7-14-16-13(9-17-14)11-4-3-5-12(15)8-11/h3-5,8-10H,6-7H2,1-2H3. The molecule has 1 nitrogen and oxygen atoms in total. The van der Waals surface area contributed by atoms with Crippen LogP contribution in [0.2, 0.25) is 0 Å². The number of thiazole rings is 1. The lowest BCUT2D eigenvalue weighted by Crippen LogP contribution is -1.91. The first-order valence-corrected chi connectivity index (χ1v) is 7.53. The van der Waals surface area contributed by atoms with Crippen LogP contribution >= 0.6 is 27.3 Å². The Kier molecular flexibility index (Phi) is 4.35. The molecule has 1 aromatic heterocycles. The molecule has 0 aliphatic heterocycles. The van der Waals surface area contributed by atoms with Crippen LogP contribution in [0.15, 0.2) is 34.1 Å². The van der Waals surface area contributed by atoms with Crippen molar-refractivity contribution in [1.29, 1.82) is 0 Å². The summed E-state index contributed by atoms with van der Waals surface area (Å²) in [6, 6.07) is 8.30. The van der Waals surface area contributed by atoms with Crippen molar-refractivity contribution in [2.75, 3.05) is 0 Å². The number of hydrogen-bond donors (Lipinski definition) is 0. The molecule has 0 fully saturated rings. The van der Waals surface area contributed by atoms with Crippen LogP contribution in [0.3, 0.4) is 0 Å². The van der Waals surface area contributed by atoms with Gasteiger partial charge in [0.1, 0.15) is 0 Å². The zero-order valence-corrected chi connectivity index (χ0v) is 12.5. The van der Waals surface area contributed by atoms with Crippen LogP contribution in [0.25, 0.3) is 11.3 Å². The van der Waals surface area contributed by atoms with Gasteiger partial charge in [-0.05, 0) is 30.9 Å². The van der Waals surface area contributed by atoms with Gasteiger partial charge in [-0.2, -0.15) is 0 Å². The minimum Gasteiger partial charge on any atom is -0.241 e. The third-order valence-corrected chi connectivity index (χ3v) is 4.01. The first-order chi connectivity index (χ1) is 8.15. The summed E-state index contributed by atoms with van der Waals surface area (Å²) in [4.78, 5) is 4.69. The molecule has 90 valence electrons. The minimum atomic E-state index is 0.744. The quantitative estimate of drug-likeness (QED) is 0.760. The van der Waals surface area contributed by atoms with Gasteiger partial charge in [-0.15, -0.1) is 11.3 Å². The van der Waals surface area contributed by atoms with Crippen molar-refractivity contribution in [2.45, 2.75) is 26.7 Å². The highest BCUT2D eigenvalue weighted by atomic mass is 79.9. The van der Waals surface area contributed by atoms with Crippen LogP contribution in [-0.2, 0) is 6.42 Å². The number of benzene rings is 1. The highest BCUT2D eigenvalue weighted by Gasteiger charge is 2.05. The summed E-state index contributed by atoms with van der Waals surface area (Å²) in [5.41, 5.74) is 2.28. The summed E-state index contributed by atoms with van der Waals surface area (Å²) >= 11 is 5.26. The molecule has 0 saturated heterocycles. The molecule has 0 saturated carbocycles. The molecule has 0 bridgehead atoms. The van der Waals surface area contributed by atoms with Crippen LogP contribution in [0.4, 0.5) is 0 Å². The fourth-order valence-corrected chi connectivity index (χ4v) is 2.84. The second-order valence-corrected chi connectivity index (χ2v) is 6.43. The van der Waals surface area contributed by atoms with Gasteiger partial charge < -0.3 is 0 Å². The largest absolute Gasteiger partial charge is 0.241 e. The van der Waals surface area contributed by atoms with E-state index in [1.807, 2.05) is 12.1 Å². The van der Waals surface area contributed by atoms with E-state index in [4.69, 9.17) is 4.98 Å². The molecule has 1 heterocycles. The smallest absolute Gasteiger partial charge is 0.0932 e. The topological polar surface area (TPSA) is 12.9 Å². The van der Waals surface area contributed by atoms with Gasteiger partial charge in [0, 0.05) is 15.4 Å². The average molecular weight is 310 g/mol. The van der Waals surface area contributed by atoms with Crippen molar-refractivity contribution in [2.24, 2.45) is 5.92 Å². The van der Waals surface area contributed by atoms with E-state index in [9.17, 15) is 0 Å². The maximum absolute atomic E-state index is 4.69. The molecule has 0 N–H and O–H groups in total. The minimum absolute atomic E-state index is 0.744. The van der Waals surface area contributed by atoms with Gasteiger partial charge in [0.15, 0.2) is 0 Å². The highest BCUT2D eigenvalue weighted by Crippen LogP contribution is 2.25. The monoisotopic (exact) mass is 309 g/mol. The van der Waals surface area contributed by atoms with Crippen molar-refractivity contribution in [1.82, 2.24) is 4.98 Å². The Hall–Kier alpha value is -0.670. The van der Waals surface area contributed by atoms with E-state index in [0.29, 0.717) is 0 Å². The second-order valence-electron chi connectivity index (χ2n) is 4.57. The molecule has 1 aromatic carbocycles. The number of rotatable bonds is 4. The summed E-state index contributed by atoms with van der Waals surface area (Å²) in [6.45, 7) is 4.51. The molecular weight excluding hydrogens is 294 g/mol. The fraction of sp³-hybridized carbons (Fsp3) is 0.357. The third kappa shape index (κ3) is 3.65. The Bertz CT molecular complexity index is 490. The summed E-state index contributed by atoms with van der Waals surface area (Å²) in [5.74, 6) is 0.744. The maximum Gasteiger partial charge on any atom is 0.0932 e. The van der Waals surface area contributed by atoms with Crippen molar-refractivity contribution >= 4 is 27.3 Å². The maximum atomic E-state index is 4.69. The zero-order chi connectivity index (χ0) is 12.3. The second kappa shape index (κ2) is 5.78. The molecule has 3 heteroatoms. The van der Waals surface area contributed by atoms with Gasteiger partial charge >= 0.3 is 0 Å². The molecule has 0 unspecified atom stereocenters. The predicted octanol–water partition coefficient (Wildman–Crippen LogP) is 5.16. The van der Waals surface area contributed by atoms with Crippen molar-refractivity contribution < 1.29 is 0 Å². The van der Waals surface area contributed by atoms with Crippen LogP contribution in [0.1, 0.15) is 25.3 Å². The Labute approximate surface area is 115 Å². The van der Waals surface area contributed by atoms with Gasteiger partial charge in [0.05, 0.1) is 10.7 Å². The SMILES string of the molecule is CC(C)CCc1nc(-c2cccc(Br)c2)cs1. The first-order valence-electron chi connectivity index (χ1n) is 5.85. The van der Waals surface area contributed by atoms with Crippen molar-refractivity contribution in [3.63, 3.8) is 0 Å². The lowest BCUT2D eigenvalue weighted by molar-refractivity contribution is 0.585. The molecule has 0 atom stereocenters. The molecule has 0 aliphatic rings. The van der Waals surface area contributed by atoms with E-state index >= 15 is 0 Å². The Morgan fingerprint density at radius 3 is 2.88 bits per heavy atom. The summed E-state index contributed by atoms with van der Waals surface area (Å²) in [5, 5.41) is 3.39. The number of aromatic nitrogens is 1. The Morgan fingerprint density at radius 2 is 2.18 bits per heavy atom. The van der Waals surface area contributed by atoms with Crippen LogP contribution in [-0.4, -0.2) is 4.98 Å². The van der Waals surface area contributed by atoms with Gasteiger partial charge in [0.25, 0.3) is 0 Å². The van der Waals surface area contributed by atoms with Gasteiger partial charge in [-0.1, -0.05) is 41.9 Å². The van der Waals surface area contributed by atoms with Crippen LogP contribution < -0.4 is 0 Å². The molecule has 2 rings (SSSR count). The Balaban J connectivity index is 2.12. The van der Waals surface area contributed by atoms with Gasteiger partial charge in [0.2, 0.25) is 0 Å². The van der Waals surface area contributed by atoms with Crippen molar-refractivity contribution in [3.8, 4) is 11.3 Å². The number of halogens is 1. The summed E-state index contributed by atoms with van der Waals surface area (Å²) in [7, 11) is 0. The average Bonchev–Trinajstić information content (AvgIpc) is 2.75. The molecule has 0 radical (unpaired) electrons. The summed E-state index contributed by atoms with van der Waals surface area (Å²) < 4.78 is 1.10. The Morgan fingerprint density at radius 1 is 1.35 bits per heavy atom.